The Morgan fingerprint density at radius 3 is 2.50 bits per heavy atom. The van der Waals surface area contributed by atoms with Gasteiger partial charge in [-0.3, -0.25) is 0 Å². The minimum absolute atomic E-state index is 1.01. The van der Waals surface area contributed by atoms with E-state index in [1.807, 2.05) is 0 Å². The summed E-state index contributed by atoms with van der Waals surface area (Å²) in [5, 5.41) is 4.53. The Kier molecular flexibility index (Phi) is 5.20. The Bertz CT molecular complexity index is 825. The van der Waals surface area contributed by atoms with Crippen molar-refractivity contribution < 1.29 is 0 Å². The highest BCUT2D eigenvalue weighted by Crippen LogP contribution is 2.36. The second kappa shape index (κ2) is 7.35. The molecule has 0 saturated heterocycles. The summed E-state index contributed by atoms with van der Waals surface area (Å²) in [5.74, 6) is 0. The van der Waals surface area contributed by atoms with Crippen LogP contribution in [-0.2, 0) is 0 Å². The monoisotopic (exact) mass is 338 g/mol. The van der Waals surface area contributed by atoms with Gasteiger partial charge in [0, 0.05) is 12.1 Å². The number of anilines is 1. The van der Waals surface area contributed by atoms with Gasteiger partial charge in [0.25, 0.3) is 0 Å². The van der Waals surface area contributed by atoms with Gasteiger partial charge in [0.2, 0.25) is 0 Å². The average molecular weight is 339 g/mol. The topological polar surface area (TPSA) is 24.9 Å². The Balaban J connectivity index is 1.99. The van der Waals surface area contributed by atoms with Crippen LogP contribution in [0.5, 0.6) is 0 Å². The van der Waals surface area contributed by atoms with Crippen LogP contribution in [0.1, 0.15) is 42.9 Å². The van der Waals surface area contributed by atoms with Crippen LogP contribution in [0.3, 0.4) is 0 Å². The number of fused-ring (bicyclic) bond motifs is 1. The van der Waals surface area contributed by atoms with Gasteiger partial charge in [0.1, 0.15) is 0 Å². The molecular formula is C21H26N2S. The fourth-order valence-electron chi connectivity index (χ4n) is 3.40. The highest BCUT2D eigenvalue weighted by molar-refractivity contribution is 7.22. The molecule has 1 aromatic heterocycles. The van der Waals surface area contributed by atoms with Crippen molar-refractivity contribution in [2.75, 3.05) is 11.9 Å². The first kappa shape index (κ1) is 17.0. The third-order valence-electron chi connectivity index (χ3n) is 4.42. The smallest absolute Gasteiger partial charge is 0.183 e. The number of benzene rings is 2. The van der Waals surface area contributed by atoms with Gasteiger partial charge in [-0.05, 0) is 49.9 Å². The van der Waals surface area contributed by atoms with Crippen LogP contribution < -0.4 is 5.32 Å². The highest BCUT2D eigenvalue weighted by Gasteiger charge is 2.13. The summed E-state index contributed by atoms with van der Waals surface area (Å²) in [4.78, 5) is 4.90. The van der Waals surface area contributed by atoms with Crippen LogP contribution in [-0.4, -0.2) is 11.5 Å². The molecule has 0 atom stereocenters. The molecule has 3 aromatic rings. The van der Waals surface area contributed by atoms with Gasteiger partial charge in [-0.2, -0.15) is 0 Å². The van der Waals surface area contributed by atoms with Crippen molar-refractivity contribution in [1.29, 1.82) is 0 Å². The third kappa shape index (κ3) is 3.46. The van der Waals surface area contributed by atoms with Gasteiger partial charge >= 0.3 is 0 Å². The zero-order valence-electron chi connectivity index (χ0n) is 15.1. The van der Waals surface area contributed by atoms with Crippen molar-refractivity contribution in [2.45, 2.75) is 47.0 Å². The van der Waals surface area contributed by atoms with Crippen molar-refractivity contribution in [3.63, 3.8) is 0 Å². The maximum atomic E-state index is 4.90. The molecule has 2 aromatic carbocycles. The van der Waals surface area contributed by atoms with Crippen molar-refractivity contribution in [3.05, 3.63) is 47.0 Å². The number of unbranched alkanes of at least 4 members (excludes halogenated alkanes) is 2. The van der Waals surface area contributed by atoms with Gasteiger partial charge in [0.05, 0.1) is 10.2 Å². The van der Waals surface area contributed by atoms with E-state index in [-0.39, 0.29) is 0 Å². The van der Waals surface area contributed by atoms with Crippen LogP contribution in [0.15, 0.2) is 30.3 Å². The van der Waals surface area contributed by atoms with Crippen molar-refractivity contribution in [2.24, 2.45) is 0 Å². The number of hydrogen-bond acceptors (Lipinski definition) is 3. The van der Waals surface area contributed by atoms with E-state index in [0.717, 1.165) is 17.2 Å². The molecule has 24 heavy (non-hydrogen) atoms. The van der Waals surface area contributed by atoms with E-state index in [2.05, 4.69) is 63.3 Å². The van der Waals surface area contributed by atoms with Crippen molar-refractivity contribution in [1.82, 2.24) is 4.98 Å². The molecule has 126 valence electrons. The van der Waals surface area contributed by atoms with E-state index in [9.17, 15) is 0 Å². The van der Waals surface area contributed by atoms with E-state index in [1.165, 1.54) is 51.8 Å². The summed E-state index contributed by atoms with van der Waals surface area (Å²) >= 11 is 1.76. The SMILES string of the molecule is CCCCCNc1nc2c(-c3c(C)cc(C)cc3C)cccc2s1. The van der Waals surface area contributed by atoms with Gasteiger partial charge in [-0.25, -0.2) is 4.98 Å². The molecule has 0 saturated carbocycles. The fraction of sp³-hybridized carbons (Fsp3) is 0.381. The quantitative estimate of drug-likeness (QED) is 0.519. The van der Waals surface area contributed by atoms with E-state index < -0.39 is 0 Å². The molecular weight excluding hydrogens is 312 g/mol. The predicted molar refractivity (Wildman–Crippen MR) is 107 cm³/mol. The molecule has 0 unspecified atom stereocenters. The van der Waals surface area contributed by atoms with Crippen LogP contribution in [0, 0.1) is 20.8 Å². The predicted octanol–water partition coefficient (Wildman–Crippen LogP) is 6.49. The molecule has 2 nitrogen and oxygen atoms in total. The number of para-hydroxylation sites is 1. The van der Waals surface area contributed by atoms with Gasteiger partial charge in [0.15, 0.2) is 5.13 Å². The number of rotatable bonds is 6. The number of nitrogens with zero attached hydrogens (tertiary/aromatic N) is 1. The average Bonchev–Trinajstić information content (AvgIpc) is 2.94. The lowest BCUT2D eigenvalue weighted by molar-refractivity contribution is 0.743. The molecule has 0 amide bonds. The molecule has 0 fully saturated rings. The van der Waals surface area contributed by atoms with E-state index >= 15 is 0 Å². The molecule has 0 aliphatic heterocycles. The van der Waals surface area contributed by atoms with Gasteiger partial charge in [-0.1, -0.05) is 60.9 Å². The molecule has 0 spiro atoms. The Hall–Kier alpha value is -1.87. The lowest BCUT2D eigenvalue weighted by atomic mass is 9.93. The maximum absolute atomic E-state index is 4.90. The zero-order chi connectivity index (χ0) is 17.1. The van der Waals surface area contributed by atoms with Gasteiger partial charge < -0.3 is 5.32 Å². The summed E-state index contributed by atoms with van der Waals surface area (Å²) in [7, 11) is 0. The van der Waals surface area contributed by atoms with Crippen LogP contribution in [0.4, 0.5) is 5.13 Å². The lowest BCUT2D eigenvalue weighted by Gasteiger charge is -2.12. The summed E-state index contributed by atoms with van der Waals surface area (Å²) in [6.07, 6.45) is 3.72. The summed E-state index contributed by atoms with van der Waals surface area (Å²) < 4.78 is 1.25. The molecule has 1 heterocycles. The Labute approximate surface area is 148 Å². The highest BCUT2D eigenvalue weighted by atomic mass is 32.1. The number of aryl methyl sites for hydroxylation is 3. The van der Waals surface area contributed by atoms with Crippen LogP contribution >= 0.6 is 11.3 Å². The van der Waals surface area contributed by atoms with Crippen molar-refractivity contribution >= 4 is 26.7 Å². The first-order valence-corrected chi connectivity index (χ1v) is 9.63. The Morgan fingerprint density at radius 2 is 1.79 bits per heavy atom. The van der Waals surface area contributed by atoms with E-state index in [1.54, 1.807) is 11.3 Å². The number of nitrogens with one attached hydrogen (secondary N) is 1. The molecule has 0 aliphatic rings. The number of hydrogen-bond donors (Lipinski definition) is 1. The second-order valence-electron chi connectivity index (χ2n) is 6.58. The fourth-order valence-corrected chi connectivity index (χ4v) is 4.32. The van der Waals surface area contributed by atoms with E-state index in [0.29, 0.717) is 0 Å². The standard InChI is InChI=1S/C21H26N2S/c1-5-6-7-11-22-21-23-20-17(9-8-10-18(20)24-21)19-15(3)12-14(2)13-16(19)4/h8-10,12-13H,5-7,11H2,1-4H3,(H,22,23). The Morgan fingerprint density at radius 1 is 1.04 bits per heavy atom. The van der Waals surface area contributed by atoms with Crippen LogP contribution in [0.25, 0.3) is 21.3 Å². The molecule has 3 rings (SSSR count). The minimum Gasteiger partial charge on any atom is -0.361 e. The third-order valence-corrected chi connectivity index (χ3v) is 5.40. The van der Waals surface area contributed by atoms with Crippen LogP contribution in [0.2, 0.25) is 0 Å². The first-order valence-electron chi connectivity index (χ1n) is 8.81. The summed E-state index contributed by atoms with van der Waals surface area (Å²) in [5.41, 5.74) is 7.67. The minimum atomic E-state index is 1.01. The number of aromatic nitrogens is 1. The first-order chi connectivity index (χ1) is 11.6. The zero-order valence-corrected chi connectivity index (χ0v) is 15.9. The summed E-state index contributed by atoms with van der Waals surface area (Å²) in [6, 6.07) is 11.0. The summed E-state index contributed by atoms with van der Waals surface area (Å²) in [6.45, 7) is 9.79. The largest absolute Gasteiger partial charge is 0.361 e. The lowest BCUT2D eigenvalue weighted by Crippen LogP contribution is -2.00. The number of thiazole rings is 1. The van der Waals surface area contributed by atoms with Gasteiger partial charge in [-0.15, -0.1) is 0 Å². The molecule has 3 heteroatoms. The van der Waals surface area contributed by atoms with Crippen molar-refractivity contribution in [3.8, 4) is 11.1 Å². The second-order valence-corrected chi connectivity index (χ2v) is 7.61. The normalized spacial score (nSPS) is 11.2. The molecule has 0 aliphatic carbocycles. The maximum Gasteiger partial charge on any atom is 0.183 e. The van der Waals surface area contributed by atoms with E-state index in [4.69, 9.17) is 4.98 Å². The molecule has 1 N–H and O–H groups in total. The molecule has 0 bridgehead atoms. The molecule has 0 radical (unpaired) electrons.